The molecule has 19 heavy (non-hydrogen) atoms. The molecule has 0 unspecified atom stereocenters. The number of rotatable bonds is 4. The summed E-state index contributed by atoms with van der Waals surface area (Å²) in [6.07, 6.45) is 0. The average Bonchev–Trinajstić information content (AvgIpc) is 2.39. The topological polar surface area (TPSA) is 91.2 Å². The Balaban J connectivity index is 2.58. The average molecular weight is 326 g/mol. The summed E-state index contributed by atoms with van der Waals surface area (Å²) in [4.78, 5) is 22.6. The molecule has 1 rings (SSSR count). The Bertz CT molecular complexity index is 525. The van der Waals surface area contributed by atoms with Gasteiger partial charge in [0.15, 0.2) is 0 Å². The number of halogens is 1. The zero-order valence-corrected chi connectivity index (χ0v) is 11.8. The van der Waals surface area contributed by atoms with E-state index in [-0.39, 0.29) is 13.2 Å². The van der Waals surface area contributed by atoms with Crippen molar-refractivity contribution in [3.8, 4) is 6.07 Å². The van der Waals surface area contributed by atoms with E-state index in [1.165, 1.54) is 0 Å². The number of benzene rings is 1. The SMILES string of the molecule is CCOC(=O)CNC(=O)Nc1ccc(Br)cc1C#N. The molecule has 0 heterocycles. The van der Waals surface area contributed by atoms with Crippen LogP contribution in [0, 0.1) is 11.3 Å². The Labute approximate surface area is 118 Å². The zero-order chi connectivity index (χ0) is 14.3. The van der Waals surface area contributed by atoms with Crippen molar-refractivity contribution in [1.29, 1.82) is 5.26 Å². The molecule has 0 atom stereocenters. The lowest BCUT2D eigenvalue weighted by Gasteiger charge is -2.08. The second-order valence-electron chi connectivity index (χ2n) is 3.41. The quantitative estimate of drug-likeness (QED) is 0.828. The van der Waals surface area contributed by atoms with Crippen molar-refractivity contribution in [3.05, 3.63) is 28.2 Å². The van der Waals surface area contributed by atoms with E-state index in [9.17, 15) is 9.59 Å². The third kappa shape index (κ3) is 4.97. The lowest BCUT2D eigenvalue weighted by molar-refractivity contribution is -0.141. The summed E-state index contributed by atoms with van der Waals surface area (Å²) in [6.45, 7) is 1.71. The second-order valence-corrected chi connectivity index (χ2v) is 4.33. The van der Waals surface area contributed by atoms with Crippen molar-refractivity contribution in [2.75, 3.05) is 18.5 Å². The monoisotopic (exact) mass is 325 g/mol. The Morgan fingerprint density at radius 3 is 2.84 bits per heavy atom. The number of nitrogens with zero attached hydrogens (tertiary/aromatic N) is 1. The predicted molar refractivity (Wildman–Crippen MR) is 72.5 cm³/mol. The van der Waals surface area contributed by atoms with Crippen LogP contribution >= 0.6 is 15.9 Å². The molecule has 0 aliphatic rings. The number of nitriles is 1. The molecule has 2 N–H and O–H groups in total. The van der Waals surface area contributed by atoms with Crippen LogP contribution in [0.1, 0.15) is 12.5 Å². The number of ether oxygens (including phenoxy) is 1. The molecule has 7 heteroatoms. The van der Waals surface area contributed by atoms with Crippen LogP contribution in [0.15, 0.2) is 22.7 Å². The minimum Gasteiger partial charge on any atom is -0.465 e. The lowest BCUT2D eigenvalue weighted by Crippen LogP contribution is -2.34. The Morgan fingerprint density at radius 1 is 1.47 bits per heavy atom. The summed E-state index contributed by atoms with van der Waals surface area (Å²) in [6, 6.07) is 6.26. The summed E-state index contributed by atoms with van der Waals surface area (Å²) in [7, 11) is 0. The third-order valence-corrected chi connectivity index (χ3v) is 2.54. The first-order valence-corrected chi connectivity index (χ1v) is 6.26. The molecule has 0 saturated heterocycles. The summed E-state index contributed by atoms with van der Waals surface area (Å²) in [5.74, 6) is -0.519. The van der Waals surface area contributed by atoms with Crippen molar-refractivity contribution < 1.29 is 14.3 Å². The van der Waals surface area contributed by atoms with Crippen LogP contribution in [-0.2, 0) is 9.53 Å². The van der Waals surface area contributed by atoms with Crippen molar-refractivity contribution in [1.82, 2.24) is 5.32 Å². The van der Waals surface area contributed by atoms with Gasteiger partial charge in [0.05, 0.1) is 17.9 Å². The van der Waals surface area contributed by atoms with Crippen molar-refractivity contribution in [3.63, 3.8) is 0 Å². The van der Waals surface area contributed by atoms with Crippen LogP contribution in [0.3, 0.4) is 0 Å². The molecule has 0 bridgehead atoms. The van der Waals surface area contributed by atoms with E-state index < -0.39 is 12.0 Å². The maximum atomic E-state index is 11.5. The van der Waals surface area contributed by atoms with E-state index in [0.29, 0.717) is 11.3 Å². The van der Waals surface area contributed by atoms with Crippen molar-refractivity contribution in [2.24, 2.45) is 0 Å². The summed E-state index contributed by atoms with van der Waals surface area (Å²) < 4.78 is 5.40. The van der Waals surface area contributed by atoms with E-state index in [4.69, 9.17) is 5.26 Å². The number of hydrogen-bond donors (Lipinski definition) is 2. The first-order chi connectivity index (χ1) is 9.06. The number of nitrogens with one attached hydrogen (secondary N) is 2. The van der Waals surface area contributed by atoms with Gasteiger partial charge < -0.3 is 15.4 Å². The van der Waals surface area contributed by atoms with E-state index in [2.05, 4.69) is 31.3 Å². The van der Waals surface area contributed by atoms with Gasteiger partial charge >= 0.3 is 12.0 Å². The van der Waals surface area contributed by atoms with Gasteiger partial charge in [-0.2, -0.15) is 5.26 Å². The molecule has 0 aromatic heterocycles. The number of hydrogen-bond acceptors (Lipinski definition) is 4. The number of carbonyl (C=O) groups is 2. The standard InChI is InChI=1S/C12H12BrN3O3/c1-2-19-11(17)7-15-12(18)16-10-4-3-9(13)5-8(10)6-14/h3-5H,2,7H2,1H3,(H2,15,16,18). The molecule has 0 fully saturated rings. The smallest absolute Gasteiger partial charge is 0.325 e. The molecule has 0 spiro atoms. The molecular formula is C12H12BrN3O3. The molecule has 0 aliphatic heterocycles. The van der Waals surface area contributed by atoms with Gasteiger partial charge in [-0.1, -0.05) is 15.9 Å². The van der Waals surface area contributed by atoms with Crippen LogP contribution in [0.4, 0.5) is 10.5 Å². The van der Waals surface area contributed by atoms with Gasteiger partial charge in [0.1, 0.15) is 12.6 Å². The van der Waals surface area contributed by atoms with Crippen LogP contribution in [0.2, 0.25) is 0 Å². The molecule has 0 aliphatic carbocycles. The van der Waals surface area contributed by atoms with Gasteiger partial charge in [0, 0.05) is 4.47 Å². The minimum absolute atomic E-state index is 0.224. The minimum atomic E-state index is -0.577. The van der Waals surface area contributed by atoms with Crippen LogP contribution in [0.5, 0.6) is 0 Å². The van der Waals surface area contributed by atoms with Gasteiger partial charge in [-0.05, 0) is 25.1 Å². The summed E-state index contributed by atoms with van der Waals surface area (Å²) in [5, 5.41) is 13.7. The lowest BCUT2D eigenvalue weighted by atomic mass is 10.2. The first kappa shape index (κ1) is 15.0. The maximum Gasteiger partial charge on any atom is 0.325 e. The summed E-state index contributed by atoms with van der Waals surface area (Å²) >= 11 is 3.23. The van der Waals surface area contributed by atoms with Crippen LogP contribution in [0.25, 0.3) is 0 Å². The molecule has 1 aromatic rings. The Hall–Kier alpha value is -2.07. The van der Waals surface area contributed by atoms with E-state index in [1.807, 2.05) is 6.07 Å². The molecule has 2 amide bonds. The number of amides is 2. The fraction of sp³-hybridized carbons (Fsp3) is 0.250. The number of anilines is 1. The molecular weight excluding hydrogens is 314 g/mol. The zero-order valence-electron chi connectivity index (χ0n) is 10.2. The maximum absolute atomic E-state index is 11.5. The normalized spacial score (nSPS) is 9.32. The second kappa shape index (κ2) is 7.38. The third-order valence-electron chi connectivity index (χ3n) is 2.05. The van der Waals surface area contributed by atoms with Crippen LogP contribution in [-0.4, -0.2) is 25.2 Å². The number of esters is 1. The highest BCUT2D eigenvalue weighted by Gasteiger charge is 2.09. The van der Waals surface area contributed by atoms with Crippen LogP contribution < -0.4 is 10.6 Å². The van der Waals surface area contributed by atoms with Crippen molar-refractivity contribution >= 4 is 33.6 Å². The fourth-order valence-corrected chi connectivity index (χ4v) is 1.61. The summed E-state index contributed by atoms with van der Waals surface area (Å²) in [5.41, 5.74) is 0.688. The van der Waals surface area contributed by atoms with Gasteiger partial charge in [-0.15, -0.1) is 0 Å². The first-order valence-electron chi connectivity index (χ1n) is 5.47. The highest BCUT2D eigenvalue weighted by molar-refractivity contribution is 9.10. The van der Waals surface area contributed by atoms with Gasteiger partial charge in [0.25, 0.3) is 0 Å². The molecule has 0 radical (unpaired) electrons. The van der Waals surface area contributed by atoms with Gasteiger partial charge in [-0.3, -0.25) is 4.79 Å². The number of carbonyl (C=O) groups excluding carboxylic acids is 2. The van der Waals surface area contributed by atoms with Gasteiger partial charge in [0.2, 0.25) is 0 Å². The highest BCUT2D eigenvalue weighted by Crippen LogP contribution is 2.19. The van der Waals surface area contributed by atoms with Gasteiger partial charge in [-0.25, -0.2) is 4.79 Å². The molecule has 1 aromatic carbocycles. The number of urea groups is 1. The highest BCUT2D eigenvalue weighted by atomic mass is 79.9. The van der Waals surface area contributed by atoms with Crippen molar-refractivity contribution in [2.45, 2.75) is 6.92 Å². The largest absolute Gasteiger partial charge is 0.465 e. The Kier molecular flexibility index (Phi) is 5.82. The Morgan fingerprint density at radius 2 is 2.21 bits per heavy atom. The predicted octanol–water partition coefficient (Wildman–Crippen LogP) is 2.01. The molecule has 6 nitrogen and oxygen atoms in total. The van der Waals surface area contributed by atoms with E-state index in [1.54, 1.807) is 25.1 Å². The molecule has 0 saturated carbocycles. The van der Waals surface area contributed by atoms with E-state index in [0.717, 1.165) is 4.47 Å². The fourth-order valence-electron chi connectivity index (χ4n) is 1.25. The van der Waals surface area contributed by atoms with E-state index >= 15 is 0 Å². The molecule has 100 valence electrons.